The normalized spacial score (nSPS) is 22.5. The van der Waals surface area contributed by atoms with Crippen molar-refractivity contribution in [3.63, 3.8) is 0 Å². The highest BCUT2D eigenvalue weighted by molar-refractivity contribution is 5.75. The first-order chi connectivity index (χ1) is 9.31. The topological polar surface area (TPSA) is 49.6 Å². The highest BCUT2D eigenvalue weighted by Gasteiger charge is 2.32. The third-order valence-electron chi connectivity index (χ3n) is 4.26. The molecule has 2 aliphatic rings. The second kappa shape index (κ2) is 5.21. The van der Waals surface area contributed by atoms with E-state index in [1.165, 1.54) is 11.1 Å². The van der Waals surface area contributed by atoms with E-state index in [0.717, 1.165) is 38.9 Å². The summed E-state index contributed by atoms with van der Waals surface area (Å²) >= 11 is 0. The van der Waals surface area contributed by atoms with Crippen LogP contribution in [0.5, 0.6) is 0 Å². The van der Waals surface area contributed by atoms with Crippen LogP contribution in [0.25, 0.3) is 0 Å². The Hall–Kier alpha value is -1.55. The van der Waals surface area contributed by atoms with Gasteiger partial charge in [0.15, 0.2) is 0 Å². The van der Waals surface area contributed by atoms with Gasteiger partial charge in [-0.2, -0.15) is 0 Å². The van der Waals surface area contributed by atoms with Crippen LogP contribution in [0.2, 0.25) is 0 Å². The van der Waals surface area contributed by atoms with Crippen molar-refractivity contribution in [2.45, 2.75) is 25.3 Å². The maximum absolute atomic E-state index is 12.6. The molecule has 0 radical (unpaired) electrons. The summed E-state index contributed by atoms with van der Waals surface area (Å²) in [6.45, 7) is 3.08. The van der Waals surface area contributed by atoms with Gasteiger partial charge in [-0.15, -0.1) is 0 Å². The van der Waals surface area contributed by atoms with Crippen LogP contribution in [-0.2, 0) is 6.42 Å². The second-order valence-corrected chi connectivity index (χ2v) is 5.37. The lowest BCUT2D eigenvalue weighted by molar-refractivity contribution is 0.138. The minimum Gasteiger partial charge on any atom is -0.328 e. The van der Waals surface area contributed by atoms with Crippen LogP contribution in [-0.4, -0.2) is 42.0 Å². The zero-order valence-electron chi connectivity index (χ0n) is 11.2. The first kappa shape index (κ1) is 12.5. The molecule has 4 nitrogen and oxygen atoms in total. The van der Waals surface area contributed by atoms with Crippen molar-refractivity contribution in [1.29, 1.82) is 0 Å². The number of rotatable bonds is 1. The van der Waals surface area contributed by atoms with E-state index >= 15 is 0 Å². The fraction of sp³-hybridized carbons (Fsp3) is 0.533. The van der Waals surface area contributed by atoms with Crippen LogP contribution < -0.4 is 5.73 Å². The fourth-order valence-corrected chi connectivity index (χ4v) is 3.22. The Balaban J connectivity index is 1.85. The van der Waals surface area contributed by atoms with Crippen LogP contribution in [0, 0.1) is 0 Å². The number of nitrogens with zero attached hydrogens (tertiary/aromatic N) is 2. The third-order valence-corrected chi connectivity index (χ3v) is 4.26. The van der Waals surface area contributed by atoms with Crippen LogP contribution >= 0.6 is 0 Å². The molecule has 1 atom stereocenters. The highest BCUT2D eigenvalue weighted by atomic mass is 16.2. The molecule has 1 fully saturated rings. The fourth-order valence-electron chi connectivity index (χ4n) is 3.22. The van der Waals surface area contributed by atoms with Crippen molar-refractivity contribution in [2.75, 3.05) is 26.2 Å². The van der Waals surface area contributed by atoms with Crippen molar-refractivity contribution < 1.29 is 4.79 Å². The molecule has 1 saturated heterocycles. The van der Waals surface area contributed by atoms with Gasteiger partial charge in [0.05, 0.1) is 6.04 Å². The Morgan fingerprint density at radius 1 is 1.21 bits per heavy atom. The third kappa shape index (κ3) is 2.21. The van der Waals surface area contributed by atoms with E-state index < -0.39 is 0 Å². The van der Waals surface area contributed by atoms with Gasteiger partial charge in [0.2, 0.25) is 0 Å². The maximum atomic E-state index is 12.6. The van der Waals surface area contributed by atoms with Crippen LogP contribution in [0.4, 0.5) is 4.79 Å². The Kier molecular flexibility index (Phi) is 3.42. The number of nitrogens with two attached hydrogens (primary N) is 1. The Bertz CT molecular complexity index is 468. The van der Waals surface area contributed by atoms with E-state index in [-0.39, 0.29) is 12.1 Å². The first-order valence-electron chi connectivity index (χ1n) is 7.14. The summed E-state index contributed by atoms with van der Waals surface area (Å²) in [5.74, 6) is 0. The summed E-state index contributed by atoms with van der Waals surface area (Å²) in [6, 6.07) is 8.56. The van der Waals surface area contributed by atoms with Crippen LogP contribution in [0.3, 0.4) is 0 Å². The monoisotopic (exact) mass is 259 g/mol. The Morgan fingerprint density at radius 3 is 2.68 bits per heavy atom. The predicted molar refractivity (Wildman–Crippen MR) is 74.9 cm³/mol. The summed E-state index contributed by atoms with van der Waals surface area (Å²) in [5.41, 5.74) is 8.49. The van der Waals surface area contributed by atoms with Gasteiger partial charge in [-0.05, 0) is 30.4 Å². The maximum Gasteiger partial charge on any atom is 0.320 e. The molecule has 1 unspecified atom stereocenters. The average Bonchev–Trinajstić information content (AvgIpc) is 2.99. The molecule has 1 aromatic carbocycles. The lowest BCUT2D eigenvalue weighted by Gasteiger charge is -2.38. The van der Waals surface area contributed by atoms with Crippen LogP contribution in [0.1, 0.15) is 30.0 Å². The van der Waals surface area contributed by atoms with Gasteiger partial charge in [0.1, 0.15) is 0 Å². The molecule has 0 bridgehead atoms. The molecule has 0 spiro atoms. The number of carbonyl (C=O) groups excluding carboxylic acids is 1. The summed E-state index contributed by atoms with van der Waals surface area (Å²) in [6.07, 6.45) is 3.19. The average molecular weight is 259 g/mol. The van der Waals surface area contributed by atoms with E-state index in [2.05, 4.69) is 18.2 Å². The SMILES string of the molecule is NCC1c2ccccc2CCN1C(=O)N1CCCC1. The van der Waals surface area contributed by atoms with E-state index in [4.69, 9.17) is 5.73 Å². The smallest absolute Gasteiger partial charge is 0.320 e. The van der Waals surface area contributed by atoms with Gasteiger partial charge in [-0.3, -0.25) is 0 Å². The van der Waals surface area contributed by atoms with Crippen molar-refractivity contribution in [2.24, 2.45) is 5.73 Å². The molecular weight excluding hydrogens is 238 g/mol. The lowest BCUT2D eigenvalue weighted by atomic mass is 9.93. The van der Waals surface area contributed by atoms with E-state index in [0.29, 0.717) is 6.54 Å². The molecule has 2 amide bonds. The quantitative estimate of drug-likeness (QED) is 0.835. The van der Waals surface area contributed by atoms with Gasteiger partial charge < -0.3 is 15.5 Å². The van der Waals surface area contributed by atoms with Gasteiger partial charge in [0, 0.05) is 26.2 Å². The molecule has 1 aromatic rings. The molecule has 19 heavy (non-hydrogen) atoms. The van der Waals surface area contributed by atoms with Crippen molar-refractivity contribution in [3.8, 4) is 0 Å². The molecule has 2 heterocycles. The van der Waals surface area contributed by atoms with Crippen LogP contribution in [0.15, 0.2) is 24.3 Å². The van der Waals surface area contributed by atoms with E-state index in [9.17, 15) is 4.79 Å². The number of fused-ring (bicyclic) bond motifs is 1. The molecule has 4 heteroatoms. The number of likely N-dealkylation sites (tertiary alicyclic amines) is 1. The molecule has 3 rings (SSSR count). The Morgan fingerprint density at radius 2 is 1.95 bits per heavy atom. The zero-order valence-corrected chi connectivity index (χ0v) is 11.2. The number of amides is 2. The standard InChI is InChI=1S/C15H21N3O/c16-11-14-13-6-2-1-5-12(13)7-10-18(14)15(19)17-8-3-4-9-17/h1-2,5-6,14H,3-4,7-11,16H2. The zero-order chi connectivity index (χ0) is 13.2. The van der Waals surface area contributed by atoms with Gasteiger partial charge in [-0.1, -0.05) is 24.3 Å². The number of hydrogen-bond acceptors (Lipinski definition) is 2. The van der Waals surface area contributed by atoms with Crippen molar-refractivity contribution in [3.05, 3.63) is 35.4 Å². The molecule has 2 aliphatic heterocycles. The van der Waals surface area contributed by atoms with Crippen molar-refractivity contribution >= 4 is 6.03 Å². The number of hydrogen-bond donors (Lipinski definition) is 1. The number of carbonyl (C=O) groups is 1. The molecule has 0 aliphatic carbocycles. The van der Waals surface area contributed by atoms with Gasteiger partial charge in [0.25, 0.3) is 0 Å². The molecule has 2 N–H and O–H groups in total. The van der Waals surface area contributed by atoms with Gasteiger partial charge in [-0.25, -0.2) is 4.79 Å². The summed E-state index contributed by atoms with van der Waals surface area (Å²) < 4.78 is 0. The summed E-state index contributed by atoms with van der Waals surface area (Å²) in [5, 5.41) is 0. The van der Waals surface area contributed by atoms with E-state index in [1.807, 2.05) is 15.9 Å². The summed E-state index contributed by atoms with van der Waals surface area (Å²) in [7, 11) is 0. The van der Waals surface area contributed by atoms with Crippen molar-refractivity contribution in [1.82, 2.24) is 9.80 Å². The number of benzene rings is 1. The van der Waals surface area contributed by atoms with Gasteiger partial charge >= 0.3 is 6.03 Å². The Labute approximate surface area is 114 Å². The second-order valence-electron chi connectivity index (χ2n) is 5.37. The molecule has 102 valence electrons. The first-order valence-corrected chi connectivity index (χ1v) is 7.14. The number of urea groups is 1. The lowest BCUT2D eigenvalue weighted by Crippen LogP contribution is -2.48. The molecular formula is C15H21N3O. The minimum absolute atomic E-state index is 0.0399. The predicted octanol–water partition coefficient (Wildman–Crippen LogP) is 1.76. The molecule has 0 aromatic heterocycles. The largest absolute Gasteiger partial charge is 0.328 e. The minimum atomic E-state index is 0.0399. The van der Waals surface area contributed by atoms with E-state index in [1.54, 1.807) is 0 Å². The molecule has 0 saturated carbocycles. The highest BCUT2D eigenvalue weighted by Crippen LogP contribution is 2.30. The summed E-state index contributed by atoms with van der Waals surface area (Å²) in [4.78, 5) is 16.5.